The van der Waals surface area contributed by atoms with Gasteiger partial charge in [0.05, 0.1) is 18.7 Å². The Kier molecular flexibility index (Phi) is 8.15. The van der Waals surface area contributed by atoms with E-state index in [0.29, 0.717) is 30.6 Å². The molecule has 1 aliphatic heterocycles. The average Bonchev–Trinajstić information content (AvgIpc) is 3.67. The van der Waals surface area contributed by atoms with E-state index in [1.165, 1.54) is 18.5 Å². The molecule has 39 heavy (non-hydrogen) atoms. The van der Waals surface area contributed by atoms with Gasteiger partial charge in [0.2, 0.25) is 6.29 Å². The summed E-state index contributed by atoms with van der Waals surface area (Å²) in [7, 11) is 0. The number of ether oxygens (including phenoxy) is 3. The lowest BCUT2D eigenvalue weighted by Gasteiger charge is -2.13. The molecule has 5 aromatic rings. The number of nitrogens with one attached hydrogen (secondary N) is 1. The number of aryl methyl sites for hydroxylation is 1. The summed E-state index contributed by atoms with van der Waals surface area (Å²) in [4.78, 5) is 8.89. The second kappa shape index (κ2) is 12.1. The van der Waals surface area contributed by atoms with Crippen LogP contribution in [0.2, 0.25) is 0 Å². The fraction of sp³-hybridized carbons (Fsp3) is 0.226. The molecule has 0 saturated carbocycles. The van der Waals surface area contributed by atoms with E-state index in [4.69, 9.17) is 18.6 Å². The summed E-state index contributed by atoms with van der Waals surface area (Å²) < 4.78 is 36.4. The first kappa shape index (κ1) is 26.3. The van der Waals surface area contributed by atoms with E-state index in [2.05, 4.69) is 15.3 Å². The first-order chi connectivity index (χ1) is 19.1. The molecule has 1 aliphatic rings. The van der Waals surface area contributed by atoms with Gasteiger partial charge in [-0.3, -0.25) is 0 Å². The van der Waals surface area contributed by atoms with E-state index in [0.717, 1.165) is 39.0 Å². The number of furan rings is 1. The highest BCUT2D eigenvalue weighted by Crippen LogP contribution is 2.33. The normalized spacial score (nSPS) is 13.2. The van der Waals surface area contributed by atoms with Crippen molar-refractivity contribution < 1.29 is 23.0 Å². The summed E-state index contributed by atoms with van der Waals surface area (Å²) in [6.07, 6.45) is 1.08. The third kappa shape index (κ3) is 6.08. The van der Waals surface area contributed by atoms with Crippen molar-refractivity contribution in [1.29, 1.82) is 0 Å². The zero-order valence-corrected chi connectivity index (χ0v) is 22.1. The number of nitrogens with zero attached hydrogens (tertiary/aromatic N) is 2. The van der Waals surface area contributed by atoms with Crippen LogP contribution < -0.4 is 10.1 Å². The largest absolute Gasteiger partial charge is 0.489 e. The number of aromatic nitrogens is 2. The predicted octanol–water partition coefficient (Wildman–Crippen LogP) is 7.73. The van der Waals surface area contributed by atoms with Crippen molar-refractivity contribution in [3.63, 3.8) is 0 Å². The van der Waals surface area contributed by atoms with Gasteiger partial charge in [0.15, 0.2) is 5.76 Å². The molecule has 6 rings (SSSR count). The van der Waals surface area contributed by atoms with E-state index < -0.39 is 6.29 Å². The Morgan fingerprint density at radius 3 is 2.59 bits per heavy atom. The average molecular weight is 528 g/mol. The molecule has 1 N–H and O–H groups in total. The molecule has 0 atom stereocenters. The van der Waals surface area contributed by atoms with Gasteiger partial charge in [-0.2, -0.15) is 0 Å². The molecule has 200 valence electrons. The molecule has 3 heterocycles. The van der Waals surface area contributed by atoms with Gasteiger partial charge >= 0.3 is 0 Å². The Bertz CT molecular complexity index is 1560. The van der Waals surface area contributed by atoms with E-state index in [-0.39, 0.29) is 12.4 Å². The second-order valence-corrected chi connectivity index (χ2v) is 8.75. The topological polar surface area (TPSA) is 78.6 Å². The van der Waals surface area contributed by atoms with E-state index in [1.54, 1.807) is 6.07 Å². The fourth-order valence-electron chi connectivity index (χ4n) is 4.28. The molecule has 7 nitrogen and oxygen atoms in total. The van der Waals surface area contributed by atoms with Crippen LogP contribution in [0.5, 0.6) is 5.75 Å². The minimum absolute atomic E-state index is 0.276. The third-order valence-corrected chi connectivity index (χ3v) is 6.12. The number of fused-ring (bicyclic) bond motifs is 1. The van der Waals surface area contributed by atoms with Gasteiger partial charge < -0.3 is 23.9 Å². The Hall–Kier alpha value is -4.27. The maximum Gasteiger partial charge on any atom is 0.217 e. The van der Waals surface area contributed by atoms with Crippen molar-refractivity contribution in [1.82, 2.24) is 9.97 Å². The predicted molar refractivity (Wildman–Crippen MR) is 148 cm³/mol. The molecule has 0 amide bonds. The van der Waals surface area contributed by atoms with Gasteiger partial charge in [0.1, 0.15) is 36.1 Å². The molecule has 3 aromatic carbocycles. The molecule has 0 radical (unpaired) electrons. The molecule has 0 unspecified atom stereocenters. The van der Waals surface area contributed by atoms with Gasteiger partial charge in [-0.1, -0.05) is 26.0 Å². The van der Waals surface area contributed by atoms with Crippen LogP contribution in [0.15, 0.2) is 83.5 Å². The van der Waals surface area contributed by atoms with Crippen LogP contribution in [-0.4, -0.2) is 23.2 Å². The fourth-order valence-corrected chi connectivity index (χ4v) is 4.28. The first-order valence-electron chi connectivity index (χ1n) is 13.0. The zero-order chi connectivity index (χ0) is 27.2. The summed E-state index contributed by atoms with van der Waals surface area (Å²) in [5.41, 5.74) is 4.28. The highest BCUT2D eigenvalue weighted by molar-refractivity contribution is 5.93. The summed E-state index contributed by atoms with van der Waals surface area (Å²) in [6, 6.07) is 21.9. The van der Waals surface area contributed by atoms with Crippen molar-refractivity contribution >= 4 is 22.4 Å². The number of benzene rings is 3. The standard InChI is InChI=1S/C29H24FN3O4.C2H6/c1-18-13-22(6-8-25(18)36-16-19-3-2-4-21(30)14-19)33-28-23-15-20(5-7-24(23)31-17-32-28)26-9-10-27(37-26)29-34-11-12-35-29;1-2/h2-10,13-15,17,29H,11-12,16H2,1H3,(H,31,32,33);1-2H3. The lowest BCUT2D eigenvalue weighted by Crippen LogP contribution is -1.99. The van der Waals surface area contributed by atoms with Crippen molar-refractivity contribution in [2.45, 2.75) is 33.7 Å². The number of rotatable bonds is 7. The number of hydrogen-bond donors (Lipinski definition) is 1. The van der Waals surface area contributed by atoms with Crippen LogP contribution in [0.1, 0.15) is 37.0 Å². The Morgan fingerprint density at radius 1 is 0.949 bits per heavy atom. The first-order valence-corrected chi connectivity index (χ1v) is 13.0. The van der Waals surface area contributed by atoms with Gasteiger partial charge in [0.25, 0.3) is 0 Å². The van der Waals surface area contributed by atoms with Crippen LogP contribution in [0.4, 0.5) is 15.9 Å². The van der Waals surface area contributed by atoms with Crippen LogP contribution in [-0.2, 0) is 16.1 Å². The van der Waals surface area contributed by atoms with Crippen LogP contribution in [0.25, 0.3) is 22.2 Å². The zero-order valence-electron chi connectivity index (χ0n) is 22.1. The maximum absolute atomic E-state index is 13.4. The van der Waals surface area contributed by atoms with E-state index in [1.807, 2.05) is 75.4 Å². The molecule has 1 fully saturated rings. The van der Waals surface area contributed by atoms with Crippen molar-refractivity contribution in [3.8, 4) is 17.1 Å². The summed E-state index contributed by atoms with van der Waals surface area (Å²) in [5.74, 6) is 2.48. The minimum Gasteiger partial charge on any atom is -0.489 e. The molecular formula is C31H30FN3O4. The van der Waals surface area contributed by atoms with Gasteiger partial charge in [-0.15, -0.1) is 0 Å². The molecule has 1 saturated heterocycles. The number of anilines is 2. The smallest absolute Gasteiger partial charge is 0.217 e. The molecular weight excluding hydrogens is 497 g/mol. The van der Waals surface area contributed by atoms with E-state index >= 15 is 0 Å². The third-order valence-electron chi connectivity index (χ3n) is 6.12. The van der Waals surface area contributed by atoms with Crippen molar-refractivity contribution in [2.75, 3.05) is 18.5 Å². The maximum atomic E-state index is 13.4. The monoisotopic (exact) mass is 527 g/mol. The minimum atomic E-state index is -0.459. The lowest BCUT2D eigenvalue weighted by molar-refractivity contribution is -0.0585. The molecule has 0 spiro atoms. The second-order valence-electron chi connectivity index (χ2n) is 8.75. The summed E-state index contributed by atoms with van der Waals surface area (Å²) in [6.45, 7) is 7.37. The van der Waals surface area contributed by atoms with Gasteiger partial charge in [0, 0.05) is 16.6 Å². The Labute approximate surface area is 226 Å². The van der Waals surface area contributed by atoms with Crippen LogP contribution in [0, 0.1) is 12.7 Å². The van der Waals surface area contributed by atoms with Crippen LogP contribution >= 0.6 is 0 Å². The van der Waals surface area contributed by atoms with Crippen LogP contribution in [0.3, 0.4) is 0 Å². The Balaban J connectivity index is 0.00000151. The summed E-state index contributed by atoms with van der Waals surface area (Å²) in [5, 5.41) is 4.25. The van der Waals surface area contributed by atoms with E-state index in [9.17, 15) is 4.39 Å². The summed E-state index contributed by atoms with van der Waals surface area (Å²) >= 11 is 0. The van der Waals surface area contributed by atoms with Crippen molar-refractivity contribution in [3.05, 3.63) is 102 Å². The Morgan fingerprint density at radius 2 is 1.79 bits per heavy atom. The SMILES string of the molecule is CC.Cc1cc(Nc2ncnc3ccc(-c4ccc(C5OCCO5)o4)cc23)ccc1OCc1cccc(F)c1. The highest BCUT2D eigenvalue weighted by Gasteiger charge is 2.22. The molecule has 0 aliphatic carbocycles. The molecule has 2 aromatic heterocycles. The quantitative estimate of drug-likeness (QED) is 0.232. The van der Waals surface area contributed by atoms with Crippen molar-refractivity contribution in [2.24, 2.45) is 0 Å². The highest BCUT2D eigenvalue weighted by atomic mass is 19.1. The molecule has 0 bridgehead atoms. The lowest BCUT2D eigenvalue weighted by atomic mass is 10.1. The molecule has 8 heteroatoms. The number of halogens is 1. The number of hydrogen-bond acceptors (Lipinski definition) is 7. The van der Waals surface area contributed by atoms with Gasteiger partial charge in [-0.05, 0) is 78.7 Å². The van der Waals surface area contributed by atoms with Gasteiger partial charge in [-0.25, -0.2) is 14.4 Å².